The summed E-state index contributed by atoms with van der Waals surface area (Å²) < 4.78 is 34.6. The summed E-state index contributed by atoms with van der Waals surface area (Å²) in [4.78, 5) is 0. The molecule has 176 valence electrons. The lowest BCUT2D eigenvalue weighted by Crippen LogP contribution is -2.38. The Labute approximate surface area is 187 Å². The molecule has 1 aliphatic heterocycles. The molecule has 1 aliphatic rings. The van der Waals surface area contributed by atoms with Crippen molar-refractivity contribution in [3.05, 3.63) is 42.5 Å². The van der Waals surface area contributed by atoms with Gasteiger partial charge in [0.05, 0.1) is 32.5 Å². The molecule has 6 heteroatoms. The second kappa shape index (κ2) is 12.6. The third-order valence-corrected chi connectivity index (χ3v) is 5.82. The van der Waals surface area contributed by atoms with Gasteiger partial charge in [-0.25, -0.2) is 0 Å². The topological polar surface area (TPSA) is 55.4 Å². The van der Waals surface area contributed by atoms with E-state index in [0.717, 1.165) is 24.2 Å². The maximum atomic E-state index is 6.41. The van der Waals surface area contributed by atoms with E-state index < -0.39 is 5.79 Å². The summed E-state index contributed by atoms with van der Waals surface area (Å²) >= 11 is 0. The van der Waals surface area contributed by atoms with E-state index in [0.29, 0.717) is 13.2 Å². The molecule has 2 rings (SSSR count). The zero-order chi connectivity index (χ0) is 22.9. The van der Waals surface area contributed by atoms with E-state index in [9.17, 15) is 0 Å². The average molecular weight is 437 g/mol. The lowest BCUT2D eigenvalue weighted by atomic mass is 9.90. The Kier molecular flexibility index (Phi) is 10.5. The third kappa shape index (κ3) is 8.20. The molecular weight excluding hydrogens is 396 g/mol. The van der Waals surface area contributed by atoms with E-state index >= 15 is 0 Å². The molecule has 6 nitrogen and oxygen atoms in total. The van der Waals surface area contributed by atoms with Gasteiger partial charge in [0, 0.05) is 13.0 Å². The van der Waals surface area contributed by atoms with Gasteiger partial charge < -0.3 is 28.4 Å². The van der Waals surface area contributed by atoms with Crippen LogP contribution in [-0.2, 0) is 30.3 Å². The maximum absolute atomic E-state index is 6.41. The molecule has 5 atom stereocenters. The summed E-state index contributed by atoms with van der Waals surface area (Å²) in [5, 5.41) is 0. The smallest absolute Gasteiger partial charge is 0.163 e. The van der Waals surface area contributed by atoms with Gasteiger partial charge in [-0.15, -0.1) is 6.58 Å². The summed E-state index contributed by atoms with van der Waals surface area (Å²) in [6.45, 7) is 13.4. The van der Waals surface area contributed by atoms with E-state index in [1.807, 2.05) is 44.2 Å². The molecule has 0 aliphatic carbocycles. The molecule has 31 heavy (non-hydrogen) atoms. The fourth-order valence-corrected chi connectivity index (χ4v) is 3.83. The molecule has 0 unspecified atom stereocenters. The quantitative estimate of drug-likeness (QED) is 0.303. The molecule has 1 aromatic rings. The van der Waals surface area contributed by atoms with Crippen molar-refractivity contribution in [1.82, 2.24) is 0 Å². The summed E-state index contributed by atoms with van der Waals surface area (Å²) in [5.41, 5.74) is 1.10. The molecule has 1 fully saturated rings. The highest BCUT2D eigenvalue weighted by Gasteiger charge is 2.40. The van der Waals surface area contributed by atoms with Crippen molar-refractivity contribution in [2.24, 2.45) is 11.8 Å². The van der Waals surface area contributed by atoms with E-state index in [1.165, 1.54) is 0 Å². The molecule has 1 saturated heterocycles. The summed E-state index contributed by atoms with van der Waals surface area (Å²) in [5.74, 6) is 0.743. The van der Waals surface area contributed by atoms with Crippen molar-refractivity contribution >= 4 is 0 Å². The van der Waals surface area contributed by atoms with Crippen LogP contribution in [0.1, 0.15) is 46.1 Å². The molecule has 0 aromatic heterocycles. The third-order valence-electron chi connectivity index (χ3n) is 5.82. The van der Waals surface area contributed by atoms with Gasteiger partial charge in [0.2, 0.25) is 0 Å². The maximum Gasteiger partial charge on any atom is 0.163 e. The Morgan fingerprint density at radius 1 is 1.13 bits per heavy atom. The van der Waals surface area contributed by atoms with Gasteiger partial charge in [-0.1, -0.05) is 32.1 Å². The van der Waals surface area contributed by atoms with Crippen molar-refractivity contribution in [1.29, 1.82) is 0 Å². The van der Waals surface area contributed by atoms with Crippen LogP contribution in [0.5, 0.6) is 5.75 Å². The Balaban J connectivity index is 2.02. The molecule has 0 radical (unpaired) electrons. The normalized spacial score (nSPS) is 21.9. The van der Waals surface area contributed by atoms with E-state index in [-0.39, 0.29) is 36.9 Å². The van der Waals surface area contributed by atoms with Crippen molar-refractivity contribution in [2.75, 3.05) is 27.6 Å². The highest BCUT2D eigenvalue weighted by Crippen LogP contribution is 2.31. The van der Waals surface area contributed by atoms with Crippen LogP contribution in [0.15, 0.2) is 36.9 Å². The number of hydrogen-bond donors (Lipinski definition) is 0. The van der Waals surface area contributed by atoms with E-state index in [2.05, 4.69) is 20.4 Å². The molecule has 1 heterocycles. The summed E-state index contributed by atoms with van der Waals surface area (Å²) in [6, 6.07) is 7.95. The van der Waals surface area contributed by atoms with Gasteiger partial charge in [-0.3, -0.25) is 0 Å². The average Bonchev–Trinajstić information content (AvgIpc) is 3.13. The molecule has 1 aromatic carbocycles. The zero-order valence-electron chi connectivity index (χ0n) is 20.0. The minimum atomic E-state index is -0.590. The number of benzene rings is 1. The fraction of sp³-hybridized carbons (Fsp3) is 0.680. The van der Waals surface area contributed by atoms with Gasteiger partial charge in [0.15, 0.2) is 5.79 Å². The van der Waals surface area contributed by atoms with Crippen LogP contribution in [0.2, 0.25) is 0 Å². The summed E-state index contributed by atoms with van der Waals surface area (Å²) in [6.07, 6.45) is 3.60. The largest absolute Gasteiger partial charge is 0.497 e. The van der Waals surface area contributed by atoms with E-state index in [4.69, 9.17) is 28.4 Å². The first-order valence-corrected chi connectivity index (χ1v) is 11.1. The molecular formula is C25H40O6. The zero-order valence-corrected chi connectivity index (χ0v) is 20.0. The first-order valence-electron chi connectivity index (χ1n) is 11.1. The SMILES string of the molecule is C=C[C@@H](C)[C@H](CC[C@@H](C)[C@H](OCc1ccc(OC)cc1)[C@@H]1COC(C)(C)O1)OCOC. The number of ether oxygens (including phenoxy) is 6. The molecule has 0 bridgehead atoms. The highest BCUT2D eigenvalue weighted by atomic mass is 16.7. The highest BCUT2D eigenvalue weighted by molar-refractivity contribution is 5.26. The van der Waals surface area contributed by atoms with Crippen molar-refractivity contribution < 1.29 is 28.4 Å². The predicted molar refractivity (Wildman–Crippen MR) is 121 cm³/mol. The molecule has 0 amide bonds. The van der Waals surface area contributed by atoms with Gasteiger partial charge >= 0.3 is 0 Å². The second-order valence-corrected chi connectivity index (χ2v) is 8.75. The minimum absolute atomic E-state index is 0.0549. The van der Waals surface area contributed by atoms with E-state index in [1.54, 1.807) is 14.2 Å². The van der Waals surface area contributed by atoms with Crippen LogP contribution in [0, 0.1) is 11.8 Å². The van der Waals surface area contributed by atoms with Crippen LogP contribution in [0.3, 0.4) is 0 Å². The molecule has 0 spiro atoms. The fourth-order valence-electron chi connectivity index (χ4n) is 3.83. The number of hydrogen-bond acceptors (Lipinski definition) is 6. The Bertz CT molecular complexity index is 644. The molecule has 0 N–H and O–H groups in total. The second-order valence-electron chi connectivity index (χ2n) is 8.75. The lowest BCUT2D eigenvalue weighted by molar-refractivity contribution is -0.165. The van der Waals surface area contributed by atoms with Crippen LogP contribution in [-0.4, -0.2) is 51.7 Å². The monoisotopic (exact) mass is 436 g/mol. The van der Waals surface area contributed by atoms with Gasteiger partial charge in [0.25, 0.3) is 0 Å². The number of rotatable bonds is 14. The first kappa shape index (κ1) is 25.8. The van der Waals surface area contributed by atoms with Crippen LogP contribution < -0.4 is 4.74 Å². The standard InChI is InChI=1S/C25H40O6/c1-8-18(2)22(29-17-26-6)14-9-19(3)24(23-16-30-25(4,5)31-23)28-15-20-10-12-21(27-7)13-11-20/h8,10-13,18-19,22-24H,1,9,14-17H2,2-7H3/t18-,19-,22+,23+,24+/m1/s1. The minimum Gasteiger partial charge on any atom is -0.497 e. The Morgan fingerprint density at radius 3 is 2.39 bits per heavy atom. The van der Waals surface area contributed by atoms with Crippen molar-refractivity contribution in [3.8, 4) is 5.75 Å². The summed E-state index contributed by atoms with van der Waals surface area (Å²) in [7, 11) is 3.31. The van der Waals surface area contributed by atoms with Crippen LogP contribution in [0.25, 0.3) is 0 Å². The van der Waals surface area contributed by atoms with Gasteiger partial charge in [0.1, 0.15) is 18.6 Å². The first-order chi connectivity index (χ1) is 14.8. The Hall–Kier alpha value is -1.44. The van der Waals surface area contributed by atoms with Crippen molar-refractivity contribution in [3.63, 3.8) is 0 Å². The Morgan fingerprint density at radius 2 is 1.84 bits per heavy atom. The lowest BCUT2D eigenvalue weighted by Gasteiger charge is -2.31. The van der Waals surface area contributed by atoms with Crippen LogP contribution in [0.4, 0.5) is 0 Å². The van der Waals surface area contributed by atoms with Gasteiger partial charge in [-0.2, -0.15) is 0 Å². The van der Waals surface area contributed by atoms with Crippen LogP contribution >= 0.6 is 0 Å². The van der Waals surface area contributed by atoms with Crippen molar-refractivity contribution in [2.45, 2.75) is 71.2 Å². The predicted octanol–water partition coefficient (Wildman–Crippen LogP) is 4.96. The molecule has 0 saturated carbocycles. The van der Waals surface area contributed by atoms with Gasteiger partial charge in [-0.05, 0) is 50.3 Å². The number of methoxy groups -OCH3 is 2.